The van der Waals surface area contributed by atoms with E-state index in [4.69, 9.17) is 10.3 Å². The fraction of sp³-hybridized carbons (Fsp3) is 0.846. The number of nitrogens with zero attached hydrogens (tertiary/aromatic N) is 3. The molecule has 104 valence electrons. The first kappa shape index (κ1) is 15.1. The van der Waals surface area contributed by atoms with Crippen molar-refractivity contribution in [2.45, 2.75) is 46.6 Å². The highest BCUT2D eigenvalue weighted by Crippen LogP contribution is 2.11. The molecule has 0 aliphatic heterocycles. The van der Waals surface area contributed by atoms with E-state index in [1.54, 1.807) is 0 Å². The molecule has 2 N–H and O–H groups in total. The average molecular weight is 254 g/mol. The fourth-order valence-electron chi connectivity index (χ4n) is 1.77. The first-order chi connectivity index (χ1) is 8.56. The summed E-state index contributed by atoms with van der Waals surface area (Å²) >= 11 is 0. The Morgan fingerprint density at radius 1 is 1.28 bits per heavy atom. The quantitative estimate of drug-likeness (QED) is 0.768. The van der Waals surface area contributed by atoms with Gasteiger partial charge in [0.25, 0.3) is 0 Å². The van der Waals surface area contributed by atoms with Gasteiger partial charge in [-0.15, -0.1) is 0 Å². The maximum absolute atomic E-state index is 6.09. The van der Waals surface area contributed by atoms with Gasteiger partial charge in [-0.25, -0.2) is 0 Å². The Hall–Kier alpha value is -0.940. The van der Waals surface area contributed by atoms with Gasteiger partial charge in [-0.2, -0.15) is 4.98 Å². The maximum Gasteiger partial charge on any atom is 0.226 e. The van der Waals surface area contributed by atoms with Gasteiger partial charge in [0.05, 0.1) is 6.04 Å². The molecule has 5 heteroatoms. The highest BCUT2D eigenvalue weighted by atomic mass is 16.5. The van der Waals surface area contributed by atoms with E-state index in [0.29, 0.717) is 17.6 Å². The molecule has 0 aliphatic carbocycles. The van der Waals surface area contributed by atoms with Gasteiger partial charge in [-0.05, 0) is 25.4 Å². The van der Waals surface area contributed by atoms with Crippen molar-refractivity contribution in [2.75, 3.05) is 19.6 Å². The Bertz CT molecular complexity index is 333. The first-order valence-corrected chi connectivity index (χ1v) is 6.87. The van der Waals surface area contributed by atoms with Crippen LogP contribution in [0.4, 0.5) is 0 Å². The number of nitrogens with two attached hydrogens (primary N) is 1. The van der Waals surface area contributed by atoms with Crippen LogP contribution in [0.25, 0.3) is 0 Å². The summed E-state index contributed by atoms with van der Waals surface area (Å²) in [6, 6.07) is -0.165. The third-order valence-corrected chi connectivity index (χ3v) is 3.10. The molecule has 0 fully saturated rings. The van der Waals surface area contributed by atoms with Gasteiger partial charge >= 0.3 is 0 Å². The fourth-order valence-corrected chi connectivity index (χ4v) is 1.77. The Morgan fingerprint density at radius 2 is 1.94 bits per heavy atom. The molecule has 0 bridgehead atoms. The Balaban J connectivity index is 2.50. The lowest BCUT2D eigenvalue weighted by atomic mass is 10.1. The van der Waals surface area contributed by atoms with Gasteiger partial charge in [-0.3, -0.25) is 0 Å². The van der Waals surface area contributed by atoms with E-state index >= 15 is 0 Å². The third kappa shape index (κ3) is 4.74. The summed E-state index contributed by atoms with van der Waals surface area (Å²) < 4.78 is 5.23. The summed E-state index contributed by atoms with van der Waals surface area (Å²) in [4.78, 5) is 6.63. The minimum Gasteiger partial charge on any atom is -0.339 e. The molecule has 5 nitrogen and oxygen atoms in total. The van der Waals surface area contributed by atoms with Crippen molar-refractivity contribution >= 4 is 0 Å². The molecular weight excluding hydrogens is 228 g/mol. The molecule has 18 heavy (non-hydrogen) atoms. The predicted molar refractivity (Wildman–Crippen MR) is 72.2 cm³/mol. The number of hydrogen-bond donors (Lipinski definition) is 1. The number of likely N-dealkylation sites (N-methyl/N-ethyl adjacent to an activating group) is 1. The molecule has 1 rings (SSSR count). The average Bonchev–Trinajstić information content (AvgIpc) is 2.82. The molecule has 1 heterocycles. The standard InChI is InChI=1S/C13H26N4O/c1-5-17(6-2)9-11(14)13-15-12(18-16-13)8-7-10(3)4/h10-11H,5-9,14H2,1-4H3. The lowest BCUT2D eigenvalue weighted by Gasteiger charge is -2.20. The molecule has 0 aromatic carbocycles. The molecule has 1 aromatic rings. The zero-order chi connectivity index (χ0) is 13.5. The van der Waals surface area contributed by atoms with E-state index in [2.05, 4.69) is 42.7 Å². The van der Waals surface area contributed by atoms with Crippen molar-refractivity contribution in [2.24, 2.45) is 11.7 Å². The maximum atomic E-state index is 6.09. The summed E-state index contributed by atoms with van der Waals surface area (Å²) in [6.45, 7) is 11.4. The van der Waals surface area contributed by atoms with Gasteiger partial charge in [0.1, 0.15) is 0 Å². The predicted octanol–water partition coefficient (Wildman–Crippen LogP) is 2.00. The number of hydrogen-bond acceptors (Lipinski definition) is 5. The highest BCUT2D eigenvalue weighted by Gasteiger charge is 2.16. The van der Waals surface area contributed by atoms with Crippen LogP contribution >= 0.6 is 0 Å². The van der Waals surface area contributed by atoms with E-state index in [1.807, 2.05) is 0 Å². The summed E-state index contributed by atoms with van der Waals surface area (Å²) in [5.74, 6) is 1.97. The summed E-state index contributed by atoms with van der Waals surface area (Å²) in [7, 11) is 0. The number of rotatable bonds is 8. The van der Waals surface area contributed by atoms with Gasteiger partial charge in [-0.1, -0.05) is 32.9 Å². The van der Waals surface area contributed by atoms with E-state index < -0.39 is 0 Å². The molecule has 0 radical (unpaired) electrons. The van der Waals surface area contributed by atoms with Crippen LogP contribution in [0.5, 0.6) is 0 Å². The van der Waals surface area contributed by atoms with E-state index in [0.717, 1.165) is 32.5 Å². The SMILES string of the molecule is CCN(CC)CC(N)c1noc(CCC(C)C)n1. The molecule has 0 spiro atoms. The molecule has 1 aromatic heterocycles. The van der Waals surface area contributed by atoms with Gasteiger partial charge < -0.3 is 15.2 Å². The van der Waals surface area contributed by atoms with Crippen LogP contribution in [0.2, 0.25) is 0 Å². The van der Waals surface area contributed by atoms with Gasteiger partial charge in [0.2, 0.25) is 5.89 Å². The summed E-state index contributed by atoms with van der Waals surface area (Å²) in [5.41, 5.74) is 6.09. The second kappa shape index (κ2) is 7.48. The Kier molecular flexibility index (Phi) is 6.29. The van der Waals surface area contributed by atoms with Gasteiger partial charge in [0.15, 0.2) is 5.82 Å². The third-order valence-electron chi connectivity index (χ3n) is 3.10. The Labute approximate surface area is 110 Å². The van der Waals surface area contributed by atoms with Crippen molar-refractivity contribution in [3.05, 3.63) is 11.7 Å². The summed E-state index contributed by atoms with van der Waals surface area (Å²) in [6.07, 6.45) is 1.90. The van der Waals surface area contributed by atoms with Crippen molar-refractivity contribution in [3.63, 3.8) is 0 Å². The van der Waals surface area contributed by atoms with Crippen LogP contribution in [0.15, 0.2) is 4.52 Å². The molecule has 0 saturated carbocycles. The Morgan fingerprint density at radius 3 is 2.50 bits per heavy atom. The van der Waals surface area contributed by atoms with Crippen LogP contribution in [-0.2, 0) is 6.42 Å². The second-order valence-corrected chi connectivity index (χ2v) is 5.07. The van der Waals surface area contributed by atoms with Crippen molar-refractivity contribution in [1.82, 2.24) is 15.0 Å². The van der Waals surface area contributed by atoms with Gasteiger partial charge in [0, 0.05) is 13.0 Å². The molecular formula is C13H26N4O. The van der Waals surface area contributed by atoms with E-state index in [9.17, 15) is 0 Å². The minimum absolute atomic E-state index is 0.165. The minimum atomic E-state index is -0.165. The van der Waals surface area contributed by atoms with Crippen LogP contribution in [0, 0.1) is 5.92 Å². The first-order valence-electron chi connectivity index (χ1n) is 6.87. The second-order valence-electron chi connectivity index (χ2n) is 5.07. The number of aryl methyl sites for hydroxylation is 1. The van der Waals surface area contributed by atoms with Crippen LogP contribution in [0.3, 0.4) is 0 Å². The number of aromatic nitrogens is 2. The van der Waals surface area contributed by atoms with Crippen LogP contribution in [0.1, 0.15) is 51.9 Å². The zero-order valence-electron chi connectivity index (χ0n) is 12.0. The molecule has 0 saturated heterocycles. The van der Waals surface area contributed by atoms with Crippen LogP contribution in [-0.4, -0.2) is 34.7 Å². The summed E-state index contributed by atoms with van der Waals surface area (Å²) in [5, 5.41) is 3.98. The van der Waals surface area contributed by atoms with Crippen molar-refractivity contribution < 1.29 is 4.52 Å². The molecule has 0 amide bonds. The van der Waals surface area contributed by atoms with E-state index in [-0.39, 0.29) is 6.04 Å². The monoisotopic (exact) mass is 254 g/mol. The lowest BCUT2D eigenvalue weighted by Crippen LogP contribution is -2.32. The lowest BCUT2D eigenvalue weighted by molar-refractivity contribution is 0.277. The molecule has 0 aliphatic rings. The van der Waals surface area contributed by atoms with Crippen molar-refractivity contribution in [3.8, 4) is 0 Å². The smallest absolute Gasteiger partial charge is 0.226 e. The topological polar surface area (TPSA) is 68.2 Å². The van der Waals surface area contributed by atoms with E-state index in [1.165, 1.54) is 0 Å². The van der Waals surface area contributed by atoms with Crippen molar-refractivity contribution in [1.29, 1.82) is 0 Å². The zero-order valence-corrected chi connectivity index (χ0v) is 12.0. The molecule has 1 unspecified atom stereocenters. The normalized spacial score (nSPS) is 13.5. The molecule has 1 atom stereocenters. The largest absolute Gasteiger partial charge is 0.339 e. The highest BCUT2D eigenvalue weighted by molar-refractivity contribution is 4.94. The van der Waals surface area contributed by atoms with Crippen LogP contribution < -0.4 is 5.73 Å².